The van der Waals surface area contributed by atoms with Crippen molar-refractivity contribution in [2.75, 3.05) is 6.61 Å². The molecule has 0 aromatic carbocycles. The Kier molecular flexibility index (Phi) is 4.98. The molecule has 0 saturated carbocycles. The van der Waals surface area contributed by atoms with Crippen LogP contribution in [0.1, 0.15) is 44.3 Å². The second kappa shape index (κ2) is 6.03. The van der Waals surface area contributed by atoms with E-state index in [1.807, 2.05) is 0 Å². The van der Waals surface area contributed by atoms with Crippen LogP contribution in [0.25, 0.3) is 0 Å². The Hall–Kier alpha value is -0.850. The molecule has 0 saturated heterocycles. The van der Waals surface area contributed by atoms with Gasteiger partial charge < -0.3 is 5.11 Å². The van der Waals surface area contributed by atoms with Crippen molar-refractivity contribution in [2.24, 2.45) is 0 Å². The van der Waals surface area contributed by atoms with Crippen LogP contribution in [0.15, 0.2) is 5.38 Å². The minimum Gasteiger partial charge on any atom is -0.396 e. The first kappa shape index (κ1) is 13.2. The molecular weight excluding hydrogens is 218 g/mol. The fraction of sp³-hybridized carbons (Fsp3) is 0.615. The van der Waals surface area contributed by atoms with Gasteiger partial charge in [-0.15, -0.1) is 17.3 Å². The molecule has 0 aliphatic rings. The molecule has 0 fully saturated rings. The summed E-state index contributed by atoms with van der Waals surface area (Å²) >= 11 is 1.68. The molecule has 3 heteroatoms. The maximum absolute atomic E-state index is 8.60. The third kappa shape index (κ3) is 4.34. The molecule has 1 aromatic heterocycles. The van der Waals surface area contributed by atoms with Gasteiger partial charge in [0.2, 0.25) is 0 Å². The summed E-state index contributed by atoms with van der Waals surface area (Å²) in [6.45, 7) is 6.72. The molecule has 0 spiro atoms. The molecule has 2 nitrogen and oxygen atoms in total. The highest BCUT2D eigenvalue weighted by Gasteiger charge is 2.16. The van der Waals surface area contributed by atoms with Crippen molar-refractivity contribution in [3.05, 3.63) is 16.1 Å². The second-order valence-electron chi connectivity index (χ2n) is 4.73. The Bertz CT molecular complexity index is 379. The fourth-order valence-corrected chi connectivity index (χ4v) is 2.09. The smallest absolute Gasteiger partial charge is 0.105 e. The topological polar surface area (TPSA) is 33.1 Å². The van der Waals surface area contributed by atoms with E-state index < -0.39 is 0 Å². The standard InChI is InChI=1S/C13H19NOS/c1-13(2,3)11-10-16-12(14-11)8-6-4-5-7-9-15/h10,15H,5,7-9H2,1-3H3. The van der Waals surface area contributed by atoms with E-state index in [0.29, 0.717) is 0 Å². The van der Waals surface area contributed by atoms with Gasteiger partial charge in [-0.3, -0.25) is 0 Å². The van der Waals surface area contributed by atoms with E-state index in [-0.39, 0.29) is 12.0 Å². The third-order valence-electron chi connectivity index (χ3n) is 2.14. The Balaban J connectivity index is 2.49. The van der Waals surface area contributed by atoms with Gasteiger partial charge in [-0.2, -0.15) is 0 Å². The monoisotopic (exact) mass is 237 g/mol. The lowest BCUT2D eigenvalue weighted by atomic mass is 9.93. The van der Waals surface area contributed by atoms with Crippen LogP contribution in [0.4, 0.5) is 0 Å². The highest BCUT2D eigenvalue weighted by Crippen LogP contribution is 2.23. The Morgan fingerprint density at radius 3 is 2.69 bits per heavy atom. The number of nitrogens with zero attached hydrogens (tertiary/aromatic N) is 1. The van der Waals surface area contributed by atoms with Gasteiger partial charge in [-0.25, -0.2) is 4.98 Å². The number of rotatable bonds is 3. The molecule has 16 heavy (non-hydrogen) atoms. The van der Waals surface area contributed by atoms with E-state index in [4.69, 9.17) is 5.11 Å². The number of hydrogen-bond donors (Lipinski definition) is 1. The normalized spacial score (nSPS) is 11.0. The van der Waals surface area contributed by atoms with E-state index in [1.54, 1.807) is 11.3 Å². The van der Waals surface area contributed by atoms with Crippen molar-refractivity contribution in [1.29, 1.82) is 0 Å². The van der Waals surface area contributed by atoms with Crippen LogP contribution >= 0.6 is 11.3 Å². The molecule has 1 rings (SSSR count). The molecule has 0 unspecified atom stereocenters. The average Bonchev–Trinajstić information content (AvgIpc) is 2.65. The third-order valence-corrected chi connectivity index (χ3v) is 2.99. The molecule has 0 aliphatic carbocycles. The quantitative estimate of drug-likeness (QED) is 0.648. The minimum atomic E-state index is 0.124. The number of aliphatic hydroxyl groups is 1. The summed E-state index contributed by atoms with van der Waals surface area (Å²) in [5.74, 6) is 6.13. The van der Waals surface area contributed by atoms with Crippen LogP contribution in [-0.2, 0) is 11.8 Å². The van der Waals surface area contributed by atoms with Crippen molar-refractivity contribution in [3.8, 4) is 11.8 Å². The largest absolute Gasteiger partial charge is 0.396 e. The molecule has 0 bridgehead atoms. The number of thiazole rings is 1. The number of hydrogen-bond acceptors (Lipinski definition) is 3. The Labute approximate surface area is 102 Å². The minimum absolute atomic E-state index is 0.124. The van der Waals surface area contributed by atoms with Crippen molar-refractivity contribution in [3.63, 3.8) is 0 Å². The van der Waals surface area contributed by atoms with Crippen molar-refractivity contribution in [1.82, 2.24) is 4.98 Å². The van der Waals surface area contributed by atoms with Gasteiger partial charge in [0.25, 0.3) is 0 Å². The summed E-state index contributed by atoms with van der Waals surface area (Å²) < 4.78 is 0. The van der Waals surface area contributed by atoms with Gasteiger partial charge in [-0.1, -0.05) is 26.7 Å². The molecule has 1 aromatic rings. The summed E-state index contributed by atoms with van der Waals surface area (Å²) in [6.07, 6.45) is 2.26. The van der Waals surface area contributed by atoms with Gasteiger partial charge in [0.15, 0.2) is 0 Å². The van der Waals surface area contributed by atoms with Gasteiger partial charge in [0.1, 0.15) is 5.01 Å². The van der Waals surface area contributed by atoms with Crippen LogP contribution in [0, 0.1) is 11.8 Å². The van der Waals surface area contributed by atoms with Crippen molar-refractivity contribution < 1.29 is 5.11 Å². The second-order valence-corrected chi connectivity index (χ2v) is 5.68. The zero-order valence-corrected chi connectivity index (χ0v) is 11.0. The summed E-state index contributed by atoms with van der Waals surface area (Å²) in [7, 11) is 0. The van der Waals surface area contributed by atoms with Crippen LogP contribution in [0.5, 0.6) is 0 Å². The van der Waals surface area contributed by atoms with Crippen LogP contribution in [0.2, 0.25) is 0 Å². The highest BCUT2D eigenvalue weighted by atomic mass is 32.1. The Morgan fingerprint density at radius 2 is 2.12 bits per heavy atom. The van der Waals surface area contributed by atoms with Crippen molar-refractivity contribution in [2.45, 2.75) is 45.4 Å². The SMILES string of the molecule is CC(C)(C)c1csc(CC#CCCCO)n1. The Morgan fingerprint density at radius 1 is 1.38 bits per heavy atom. The molecule has 0 atom stereocenters. The van der Waals surface area contributed by atoms with E-state index in [0.717, 1.165) is 30.0 Å². The summed E-state index contributed by atoms with van der Waals surface area (Å²) in [4.78, 5) is 4.57. The fourth-order valence-electron chi connectivity index (χ4n) is 1.13. The van der Waals surface area contributed by atoms with E-state index in [2.05, 4.69) is 43.0 Å². The number of unbranched alkanes of at least 4 members (excludes halogenated alkanes) is 1. The predicted molar refractivity (Wildman–Crippen MR) is 68.6 cm³/mol. The van der Waals surface area contributed by atoms with Gasteiger partial charge in [0, 0.05) is 23.8 Å². The summed E-state index contributed by atoms with van der Waals surface area (Å²) in [5.41, 5.74) is 1.27. The molecule has 0 amide bonds. The molecule has 88 valence electrons. The van der Waals surface area contributed by atoms with E-state index >= 15 is 0 Å². The van der Waals surface area contributed by atoms with Gasteiger partial charge in [0.05, 0.1) is 12.1 Å². The van der Waals surface area contributed by atoms with E-state index in [1.165, 1.54) is 0 Å². The highest BCUT2D eigenvalue weighted by molar-refractivity contribution is 7.09. The first-order valence-electron chi connectivity index (χ1n) is 5.55. The summed E-state index contributed by atoms with van der Waals surface area (Å²) in [5, 5.41) is 11.8. The maximum Gasteiger partial charge on any atom is 0.105 e. The molecule has 1 heterocycles. The first-order chi connectivity index (χ1) is 7.54. The maximum atomic E-state index is 8.60. The van der Waals surface area contributed by atoms with Crippen LogP contribution in [-0.4, -0.2) is 16.7 Å². The molecule has 0 radical (unpaired) electrons. The number of aliphatic hydroxyl groups excluding tert-OH is 1. The molecule has 1 N–H and O–H groups in total. The summed E-state index contributed by atoms with van der Waals surface area (Å²) in [6, 6.07) is 0. The molecule has 0 aliphatic heterocycles. The zero-order chi connectivity index (χ0) is 12.0. The predicted octanol–water partition coefficient (Wildman–Crippen LogP) is 2.76. The lowest BCUT2D eigenvalue weighted by Gasteiger charge is -2.14. The lowest BCUT2D eigenvalue weighted by Crippen LogP contribution is -2.11. The average molecular weight is 237 g/mol. The van der Waals surface area contributed by atoms with Crippen LogP contribution < -0.4 is 0 Å². The zero-order valence-electron chi connectivity index (χ0n) is 10.2. The van der Waals surface area contributed by atoms with Gasteiger partial charge in [-0.05, 0) is 6.42 Å². The molecular formula is C13H19NOS. The van der Waals surface area contributed by atoms with Crippen LogP contribution in [0.3, 0.4) is 0 Å². The van der Waals surface area contributed by atoms with E-state index in [9.17, 15) is 0 Å². The van der Waals surface area contributed by atoms with Gasteiger partial charge >= 0.3 is 0 Å². The lowest BCUT2D eigenvalue weighted by molar-refractivity contribution is 0.290. The first-order valence-corrected chi connectivity index (χ1v) is 6.43. The number of aromatic nitrogens is 1. The van der Waals surface area contributed by atoms with Crippen molar-refractivity contribution >= 4 is 11.3 Å².